The first kappa shape index (κ1) is 31.9. The fourth-order valence-electron chi connectivity index (χ4n) is 8.10. The van der Waals surface area contributed by atoms with Crippen molar-refractivity contribution in [3.63, 3.8) is 0 Å². The van der Waals surface area contributed by atoms with Gasteiger partial charge in [0.15, 0.2) is 5.58 Å². The molecule has 1 aliphatic heterocycles. The summed E-state index contributed by atoms with van der Waals surface area (Å²) in [5.41, 5.74) is 14.7. The van der Waals surface area contributed by atoms with Crippen molar-refractivity contribution in [2.24, 2.45) is 0 Å². The van der Waals surface area contributed by atoms with Gasteiger partial charge in [-0.1, -0.05) is 80.6 Å². The highest BCUT2D eigenvalue weighted by Gasteiger charge is 2.37. The zero-order valence-electron chi connectivity index (χ0n) is 30.3. The van der Waals surface area contributed by atoms with E-state index in [-0.39, 0.29) is 5.41 Å². The van der Waals surface area contributed by atoms with Crippen LogP contribution in [0.25, 0.3) is 44.8 Å². The number of aromatic nitrogens is 1. The molecule has 2 aromatic heterocycles. The molecule has 0 bridgehead atoms. The fourth-order valence-corrected chi connectivity index (χ4v) is 8.10. The average Bonchev–Trinajstić information content (AvgIpc) is 3.81. The molecule has 5 heteroatoms. The molecule has 3 heterocycles. The van der Waals surface area contributed by atoms with E-state index in [4.69, 9.17) is 13.8 Å². The van der Waals surface area contributed by atoms with Crippen LogP contribution in [-0.4, -0.2) is 4.98 Å². The van der Waals surface area contributed by atoms with E-state index in [0.29, 0.717) is 5.89 Å². The summed E-state index contributed by atoms with van der Waals surface area (Å²) in [6.07, 6.45) is 0. The minimum atomic E-state index is -0.230. The number of oxazole rings is 1. The third-order valence-corrected chi connectivity index (χ3v) is 10.9. The van der Waals surface area contributed by atoms with E-state index in [2.05, 4.69) is 164 Å². The lowest BCUT2D eigenvalue weighted by Gasteiger charge is -2.42. The molecule has 0 unspecified atom stereocenters. The predicted octanol–water partition coefficient (Wildman–Crippen LogP) is 13.8. The van der Waals surface area contributed by atoms with E-state index in [1.54, 1.807) is 0 Å². The number of hydrogen-bond donors (Lipinski definition) is 0. The van der Waals surface area contributed by atoms with Crippen molar-refractivity contribution < 1.29 is 8.83 Å². The van der Waals surface area contributed by atoms with Gasteiger partial charge < -0.3 is 18.6 Å². The zero-order chi connectivity index (χ0) is 36.4. The van der Waals surface area contributed by atoms with Gasteiger partial charge >= 0.3 is 0 Å². The Kier molecular flexibility index (Phi) is 7.31. The predicted molar refractivity (Wildman–Crippen MR) is 221 cm³/mol. The van der Waals surface area contributed by atoms with Gasteiger partial charge in [0.25, 0.3) is 0 Å². The number of hydrogen-bond acceptors (Lipinski definition) is 5. The van der Waals surface area contributed by atoms with Crippen LogP contribution >= 0.6 is 0 Å². The van der Waals surface area contributed by atoms with Crippen molar-refractivity contribution in [1.82, 2.24) is 4.98 Å². The topological polar surface area (TPSA) is 45.7 Å². The summed E-state index contributed by atoms with van der Waals surface area (Å²) in [4.78, 5) is 9.39. The Morgan fingerprint density at radius 2 is 1.15 bits per heavy atom. The second kappa shape index (κ2) is 12.4. The summed E-state index contributed by atoms with van der Waals surface area (Å²) >= 11 is 0. The van der Waals surface area contributed by atoms with Gasteiger partial charge in [0.2, 0.25) is 5.89 Å². The summed E-state index contributed by atoms with van der Waals surface area (Å²) in [5, 5.41) is 1.15. The first-order chi connectivity index (χ1) is 26.4. The third-order valence-electron chi connectivity index (χ3n) is 10.9. The van der Waals surface area contributed by atoms with Crippen LogP contribution < -0.4 is 9.80 Å². The van der Waals surface area contributed by atoms with Crippen molar-refractivity contribution in [3.05, 3.63) is 187 Å². The molecule has 9 aromatic rings. The Hall–Kier alpha value is -6.85. The number of rotatable bonds is 6. The quantitative estimate of drug-likeness (QED) is 0.173. The maximum Gasteiger partial charge on any atom is 0.227 e. The number of para-hydroxylation sites is 5. The van der Waals surface area contributed by atoms with Crippen molar-refractivity contribution in [1.29, 1.82) is 0 Å². The summed E-state index contributed by atoms with van der Waals surface area (Å²) < 4.78 is 12.5. The van der Waals surface area contributed by atoms with Crippen LogP contribution in [0.2, 0.25) is 0 Å². The summed E-state index contributed by atoms with van der Waals surface area (Å²) in [5.74, 6) is 1.54. The van der Waals surface area contributed by atoms with Gasteiger partial charge in [-0.25, -0.2) is 4.98 Å². The number of fused-ring (bicyclic) bond motifs is 4. The number of nitrogens with zero attached hydrogens (tertiary/aromatic N) is 3. The molecule has 1 aliphatic rings. The number of benzene rings is 7. The van der Waals surface area contributed by atoms with Crippen LogP contribution in [0.3, 0.4) is 0 Å². The minimum Gasteiger partial charge on any atom is -0.456 e. The molecule has 260 valence electrons. The maximum absolute atomic E-state index is 6.45. The van der Waals surface area contributed by atoms with Crippen molar-refractivity contribution in [2.45, 2.75) is 26.2 Å². The van der Waals surface area contributed by atoms with E-state index in [0.717, 1.165) is 67.3 Å². The van der Waals surface area contributed by atoms with Crippen LogP contribution in [0.1, 0.15) is 30.5 Å². The molecule has 0 saturated heterocycles. The number of anilines is 6. The molecule has 0 amide bonds. The van der Waals surface area contributed by atoms with Crippen LogP contribution in [0.5, 0.6) is 0 Å². The molecule has 7 aromatic carbocycles. The molecule has 0 atom stereocenters. The van der Waals surface area contributed by atoms with Gasteiger partial charge in [-0.3, -0.25) is 0 Å². The van der Waals surface area contributed by atoms with Crippen LogP contribution in [0.4, 0.5) is 34.1 Å². The highest BCUT2D eigenvalue weighted by Crippen LogP contribution is 2.53. The first-order valence-corrected chi connectivity index (χ1v) is 18.4. The SMILES string of the molecule is Cc1c(-c2ccc3c(c2)C(C)(C)c2ccccc2N3c2ccc(N(c3ccccc3)c3ccc(-c4nc5ccccc5o4)cc3)cc2)oc2ccccc12. The summed E-state index contributed by atoms with van der Waals surface area (Å²) in [6.45, 7) is 6.81. The Morgan fingerprint density at radius 3 is 1.91 bits per heavy atom. The van der Waals surface area contributed by atoms with Gasteiger partial charge in [-0.05, 0) is 121 Å². The highest BCUT2D eigenvalue weighted by atomic mass is 16.3. The second-order valence-corrected chi connectivity index (χ2v) is 14.5. The molecule has 0 N–H and O–H groups in total. The Labute approximate surface area is 314 Å². The number of aryl methyl sites for hydroxylation is 1. The van der Waals surface area contributed by atoms with E-state index < -0.39 is 0 Å². The molecule has 54 heavy (non-hydrogen) atoms. The van der Waals surface area contributed by atoms with Crippen molar-refractivity contribution in [3.8, 4) is 22.8 Å². The minimum absolute atomic E-state index is 0.230. The van der Waals surface area contributed by atoms with Gasteiger partial charge in [-0.15, -0.1) is 0 Å². The summed E-state index contributed by atoms with van der Waals surface area (Å²) in [6, 6.07) is 59.5. The Morgan fingerprint density at radius 1 is 0.537 bits per heavy atom. The average molecular weight is 700 g/mol. The van der Waals surface area contributed by atoms with Gasteiger partial charge in [0.1, 0.15) is 16.9 Å². The summed E-state index contributed by atoms with van der Waals surface area (Å²) in [7, 11) is 0. The zero-order valence-corrected chi connectivity index (χ0v) is 30.3. The first-order valence-electron chi connectivity index (χ1n) is 18.4. The molecule has 10 rings (SSSR count). The normalized spacial score (nSPS) is 13.2. The Balaban J connectivity index is 1.04. The Bertz CT molecular complexity index is 2780. The second-order valence-electron chi connectivity index (χ2n) is 14.5. The van der Waals surface area contributed by atoms with Crippen LogP contribution in [0, 0.1) is 6.92 Å². The molecular formula is C49H37N3O2. The molecular weight excluding hydrogens is 663 g/mol. The van der Waals surface area contributed by atoms with Gasteiger partial charge in [0.05, 0.1) is 11.4 Å². The standard InChI is InChI=1S/C49H37N3O2/c1-32-39-15-7-11-19-45(39)53-47(32)34-23-30-44-41(31-34)49(2,3)40-16-8-10-18-43(40)52(44)38-28-26-37(27-29-38)51(35-13-5-4-6-14-35)36-24-21-33(22-25-36)48-50-42-17-9-12-20-46(42)54-48/h4-31H,1-3H3. The van der Waals surface area contributed by atoms with E-state index in [1.807, 2.05) is 36.4 Å². The lowest BCUT2D eigenvalue weighted by Crippen LogP contribution is -2.30. The fraction of sp³-hybridized carbons (Fsp3) is 0.0816. The van der Waals surface area contributed by atoms with E-state index in [1.165, 1.54) is 22.5 Å². The van der Waals surface area contributed by atoms with Crippen molar-refractivity contribution >= 4 is 56.2 Å². The van der Waals surface area contributed by atoms with Crippen LogP contribution in [-0.2, 0) is 5.41 Å². The lowest BCUT2D eigenvalue weighted by atomic mass is 9.73. The van der Waals surface area contributed by atoms with Gasteiger partial charge in [0, 0.05) is 50.2 Å². The molecule has 0 fully saturated rings. The van der Waals surface area contributed by atoms with Crippen molar-refractivity contribution in [2.75, 3.05) is 9.80 Å². The van der Waals surface area contributed by atoms with Crippen LogP contribution in [0.15, 0.2) is 179 Å². The van der Waals surface area contributed by atoms with E-state index in [9.17, 15) is 0 Å². The van der Waals surface area contributed by atoms with E-state index >= 15 is 0 Å². The third kappa shape index (κ3) is 5.12. The highest BCUT2D eigenvalue weighted by molar-refractivity contribution is 5.91. The van der Waals surface area contributed by atoms with Gasteiger partial charge in [-0.2, -0.15) is 0 Å². The largest absolute Gasteiger partial charge is 0.456 e. The lowest BCUT2D eigenvalue weighted by molar-refractivity contribution is 0.620. The monoisotopic (exact) mass is 699 g/mol. The molecule has 0 radical (unpaired) electrons. The molecule has 5 nitrogen and oxygen atoms in total. The molecule has 0 aliphatic carbocycles. The smallest absolute Gasteiger partial charge is 0.227 e. The number of furan rings is 1. The molecule has 0 spiro atoms. The maximum atomic E-state index is 6.45. The molecule has 0 saturated carbocycles.